The van der Waals surface area contributed by atoms with Crippen LogP contribution in [0.2, 0.25) is 8.76 Å². The first-order valence-corrected chi connectivity index (χ1v) is 40.0. The van der Waals surface area contributed by atoms with E-state index in [0.717, 1.165) is 60.2 Å². The average Bonchev–Trinajstić information content (AvgIpc) is 3.87. The molecule has 8 bridgehead atoms. The summed E-state index contributed by atoms with van der Waals surface area (Å²) >= 11 is -4.94. The first-order valence-electron chi connectivity index (χ1n) is 27.1. The van der Waals surface area contributed by atoms with E-state index >= 15 is 13.2 Å². The van der Waals surface area contributed by atoms with Gasteiger partial charge in [-0.25, -0.2) is 0 Å². The Morgan fingerprint density at radius 2 is 0.870 bits per heavy atom. The normalized spacial score (nSPS) is 31.6. The molecule has 4 aromatic carbocycles. The van der Waals surface area contributed by atoms with E-state index in [2.05, 4.69) is 136 Å². The van der Waals surface area contributed by atoms with Crippen molar-refractivity contribution in [3.05, 3.63) is 129 Å². The first kappa shape index (κ1) is 50.4. The molecular weight excluding hydrogens is 992 g/mol. The summed E-state index contributed by atoms with van der Waals surface area (Å²) in [5.41, 5.74) is 16.0. The second kappa shape index (κ2) is 18.6. The predicted octanol–water partition coefficient (Wildman–Crippen LogP) is 18.3. The third-order valence-electron chi connectivity index (χ3n) is 20.7. The number of halogens is 5. The topological polar surface area (TPSA) is 0 Å². The number of rotatable bonds is 12. The van der Waals surface area contributed by atoms with Crippen LogP contribution in [0.5, 0.6) is 0 Å². The SMILES string of the molecule is CC(C)c1ccc(-c2cccc3c2C=C(CC2C4CC5CC(C4)CC2C5)[CH]3[Zr]([CH3])(=[SiH2])([CH2]CC(F)(F)F)[CH]2C(CC3C4CC5CC(C4)CC3C5)=Cc3c(-c4ccc(C(C)C)cc4)cccc32)cc1.Cl.Cl. The average molecular weight is 1070 g/mol. The minimum absolute atomic E-state index is 0. The van der Waals surface area contributed by atoms with Crippen LogP contribution in [0.15, 0.2) is 96.1 Å². The van der Waals surface area contributed by atoms with Crippen molar-refractivity contribution in [2.75, 3.05) is 0 Å². The number of alkyl halides is 3. The molecule has 0 amide bonds. The molecule has 0 radical (unpaired) electrons. The van der Waals surface area contributed by atoms with Gasteiger partial charge in [0.25, 0.3) is 0 Å². The third kappa shape index (κ3) is 8.88. The fraction of sp³-hybridized carbons (Fsp3) is 0.548. The monoisotopic (exact) mass is 1070 g/mol. The van der Waals surface area contributed by atoms with Gasteiger partial charge in [0.05, 0.1) is 0 Å². The second-order valence-electron chi connectivity index (χ2n) is 25.7. The Morgan fingerprint density at radius 3 is 1.19 bits per heavy atom. The van der Waals surface area contributed by atoms with Crippen LogP contribution in [0.4, 0.5) is 13.2 Å². The van der Waals surface area contributed by atoms with E-state index in [-0.39, 0.29) is 32.1 Å². The molecule has 10 aliphatic carbocycles. The molecule has 0 aromatic heterocycles. The fourth-order valence-corrected chi connectivity index (χ4v) is 41.9. The summed E-state index contributed by atoms with van der Waals surface area (Å²) in [5.74, 6) is 8.82. The van der Waals surface area contributed by atoms with Crippen molar-refractivity contribution < 1.29 is 30.6 Å². The Bertz CT molecular complexity index is 2480. The molecule has 8 fully saturated rings. The summed E-state index contributed by atoms with van der Waals surface area (Å²) in [7, 11) is 0. The van der Waals surface area contributed by atoms with E-state index in [4.69, 9.17) is 0 Å². The number of hydrogen-bond donors (Lipinski definition) is 0. The van der Waals surface area contributed by atoms with Gasteiger partial charge >= 0.3 is 406 Å². The van der Waals surface area contributed by atoms with Gasteiger partial charge in [-0.05, 0) is 0 Å². The summed E-state index contributed by atoms with van der Waals surface area (Å²) in [6, 6.07) is 32.4. The van der Waals surface area contributed by atoms with Crippen LogP contribution in [0.3, 0.4) is 0 Å². The number of benzene rings is 4. The summed E-state index contributed by atoms with van der Waals surface area (Å²) in [4.78, 5) is 0. The Kier molecular flexibility index (Phi) is 13.6. The quantitative estimate of drug-likeness (QED) is 0.124. The maximum Gasteiger partial charge on any atom is -0.147 e. The maximum atomic E-state index is 15.4. The molecule has 0 nitrogen and oxygen atoms in total. The minimum atomic E-state index is -4.94. The molecule has 8 saturated carbocycles. The number of hydrogen-bond acceptors (Lipinski definition) is 0. The van der Waals surface area contributed by atoms with E-state index in [1.54, 1.807) is 0 Å². The molecule has 4 aromatic rings. The number of allylic oxidation sites excluding steroid dienone is 2. The summed E-state index contributed by atoms with van der Waals surface area (Å²) in [5, 5.41) is 0. The molecule has 0 heterocycles. The Morgan fingerprint density at radius 1 is 0.522 bits per heavy atom. The molecule has 2 atom stereocenters. The summed E-state index contributed by atoms with van der Waals surface area (Å²) < 4.78 is 49.3. The van der Waals surface area contributed by atoms with Crippen LogP contribution >= 0.6 is 24.8 Å². The zero-order chi connectivity index (χ0) is 46.2. The summed E-state index contributed by atoms with van der Waals surface area (Å²) in [6.07, 6.45) is 16.3. The molecule has 14 rings (SSSR count). The van der Waals surface area contributed by atoms with Crippen molar-refractivity contribution >= 4 is 43.8 Å². The molecule has 0 saturated heterocycles. The van der Waals surface area contributed by atoms with Gasteiger partial charge in [0.1, 0.15) is 0 Å². The summed E-state index contributed by atoms with van der Waals surface area (Å²) in [6.45, 7) is 11.3. The van der Waals surface area contributed by atoms with Crippen molar-refractivity contribution in [1.82, 2.24) is 0 Å². The van der Waals surface area contributed by atoms with Crippen LogP contribution in [0.1, 0.15) is 164 Å². The fourth-order valence-electron chi connectivity index (χ4n) is 18.2. The van der Waals surface area contributed by atoms with E-state index < -0.39 is 30.0 Å². The van der Waals surface area contributed by atoms with Gasteiger partial charge in [0.15, 0.2) is 0 Å². The van der Waals surface area contributed by atoms with Gasteiger partial charge in [-0.2, -0.15) is 0 Å². The first-order chi connectivity index (χ1) is 32.1. The predicted molar refractivity (Wildman–Crippen MR) is 288 cm³/mol. The van der Waals surface area contributed by atoms with E-state index in [1.807, 2.05) is 0 Å². The standard InChI is InChI=1S/2C29H33.C3H4F3.CH3.2ClH.H2Si.Zr/c2*1-18(2)22-6-8-23(9-7-22)27-5-3-4-24-11-21(17-29(24)27)16-28-25-12-19-10-20(14-25)15-26(28)13-19;1-2-3(4,5)6;;;;;/h2*3-9,11,17-20,25-26,28H,10,12-16H2,1-2H3;1-2H2;1H3;2*1H;1H2;. The van der Waals surface area contributed by atoms with E-state index in [1.165, 1.54) is 131 Å². The molecule has 0 aliphatic heterocycles. The molecule has 0 N–H and O–H groups in total. The maximum absolute atomic E-state index is 15.4. The van der Waals surface area contributed by atoms with Crippen LogP contribution in [-0.2, 0) is 17.4 Å². The van der Waals surface area contributed by atoms with Crippen molar-refractivity contribution in [1.29, 1.82) is 0 Å². The van der Waals surface area contributed by atoms with Crippen molar-refractivity contribution in [2.24, 2.45) is 59.2 Å². The van der Waals surface area contributed by atoms with Crippen LogP contribution in [0, 0.1) is 59.2 Å². The van der Waals surface area contributed by atoms with Crippen LogP contribution < -0.4 is 0 Å². The van der Waals surface area contributed by atoms with Gasteiger partial charge in [-0.3, -0.25) is 0 Å². The smallest absolute Gasteiger partial charge is 0.147 e. The van der Waals surface area contributed by atoms with E-state index in [0.29, 0.717) is 27.8 Å². The van der Waals surface area contributed by atoms with Crippen molar-refractivity contribution in [3.63, 3.8) is 0 Å². The zero-order valence-electron chi connectivity index (χ0n) is 41.9. The van der Waals surface area contributed by atoms with Gasteiger partial charge in [-0.15, -0.1) is 24.8 Å². The van der Waals surface area contributed by atoms with Gasteiger partial charge in [0.2, 0.25) is 0 Å². The Balaban J connectivity index is 0.00000277. The molecule has 10 aliphatic rings. The van der Waals surface area contributed by atoms with E-state index in [9.17, 15) is 0 Å². The Hall–Kier alpha value is -2.17. The largest absolute Gasteiger partial charge is 0.147 e. The molecule has 7 heteroatoms. The molecular formula is C62H77Cl2F3SiZr. The van der Waals surface area contributed by atoms with Crippen LogP contribution in [0.25, 0.3) is 34.4 Å². The number of fused-ring (bicyclic) bond motifs is 2. The van der Waals surface area contributed by atoms with Crippen LogP contribution in [-0.4, -0.2) is 13.1 Å². The van der Waals surface area contributed by atoms with Crippen molar-refractivity contribution in [2.45, 2.75) is 145 Å². The van der Waals surface area contributed by atoms with Gasteiger partial charge in [-0.1, -0.05) is 0 Å². The molecule has 2 unspecified atom stereocenters. The van der Waals surface area contributed by atoms with Gasteiger partial charge in [0, 0.05) is 0 Å². The third-order valence-corrected chi connectivity index (χ3v) is 43.6. The zero-order valence-corrected chi connectivity index (χ0v) is 47.4. The molecule has 0 spiro atoms. The molecule has 368 valence electrons. The minimum Gasteiger partial charge on any atom is -0.147 e. The Labute approximate surface area is 427 Å². The van der Waals surface area contributed by atoms with Crippen molar-refractivity contribution in [3.8, 4) is 22.3 Å². The molecule has 69 heavy (non-hydrogen) atoms. The van der Waals surface area contributed by atoms with Gasteiger partial charge < -0.3 is 0 Å². The second-order valence-corrected chi connectivity index (χ2v) is 54.1.